The van der Waals surface area contributed by atoms with Crippen molar-refractivity contribution in [3.8, 4) is 0 Å². The Kier molecular flexibility index (Phi) is 4.42. The van der Waals surface area contributed by atoms with Gasteiger partial charge in [-0.15, -0.1) is 0 Å². The number of nitrogens with zero attached hydrogens (tertiary/aromatic N) is 3. The molecule has 0 saturated carbocycles. The van der Waals surface area contributed by atoms with E-state index in [1.165, 1.54) is 6.07 Å². The van der Waals surface area contributed by atoms with Gasteiger partial charge in [-0.05, 0) is 38.1 Å². The zero-order chi connectivity index (χ0) is 18.2. The van der Waals surface area contributed by atoms with Crippen LogP contribution >= 0.6 is 0 Å². The summed E-state index contributed by atoms with van der Waals surface area (Å²) in [6, 6.07) is 5.30. The van der Waals surface area contributed by atoms with E-state index in [1.54, 1.807) is 4.68 Å². The van der Waals surface area contributed by atoms with Gasteiger partial charge in [0.1, 0.15) is 12.4 Å². The first-order valence-electron chi connectivity index (χ1n) is 7.65. The van der Waals surface area contributed by atoms with E-state index in [0.717, 1.165) is 23.5 Å². The lowest BCUT2D eigenvalue weighted by molar-refractivity contribution is -0.121. The Morgan fingerprint density at radius 2 is 2.12 bits per heavy atom. The number of aromatic nitrogens is 2. The molecule has 0 saturated heterocycles. The molecule has 0 aliphatic carbocycles. The number of hydrazone groups is 1. The molecule has 1 amide bonds. The Hall–Kier alpha value is -2.55. The third-order valence-corrected chi connectivity index (χ3v) is 5.68. The predicted molar refractivity (Wildman–Crippen MR) is 89.5 cm³/mol. The number of sulfone groups is 1. The minimum Gasteiger partial charge on any atom is -0.271 e. The fraction of sp³-hybridized carbons (Fsp3) is 0.312. The van der Waals surface area contributed by atoms with Crippen molar-refractivity contribution in [1.29, 1.82) is 0 Å². The van der Waals surface area contributed by atoms with E-state index in [1.807, 2.05) is 19.9 Å². The second-order valence-electron chi connectivity index (χ2n) is 5.89. The number of rotatable bonds is 3. The number of carbonyl (C=O) groups is 1. The molecule has 2 aromatic rings. The molecule has 1 N–H and O–H groups in total. The number of hydrogen-bond donors (Lipinski definition) is 1. The fourth-order valence-corrected chi connectivity index (χ4v) is 4.20. The molecule has 2 heterocycles. The number of aryl methyl sites for hydroxylation is 2. The van der Waals surface area contributed by atoms with E-state index in [2.05, 4.69) is 15.6 Å². The van der Waals surface area contributed by atoms with Crippen LogP contribution in [0, 0.1) is 19.7 Å². The van der Waals surface area contributed by atoms with Crippen molar-refractivity contribution in [1.82, 2.24) is 15.2 Å². The number of carbonyl (C=O) groups excluding carboxylic acids is 1. The van der Waals surface area contributed by atoms with E-state index in [4.69, 9.17) is 0 Å². The van der Waals surface area contributed by atoms with Crippen molar-refractivity contribution in [3.63, 3.8) is 0 Å². The number of hydrogen-bond acceptors (Lipinski definition) is 5. The maximum Gasteiger partial charge on any atom is 0.261 e. The SMILES string of the molecule is Cc1cc(C)n(CC(=O)NN=C2CCS(=O)(=O)c3ccc(F)cc32)n1. The fourth-order valence-electron chi connectivity index (χ4n) is 2.73. The lowest BCUT2D eigenvalue weighted by atomic mass is 10.1. The van der Waals surface area contributed by atoms with Crippen LogP contribution in [0.25, 0.3) is 0 Å². The zero-order valence-electron chi connectivity index (χ0n) is 13.8. The number of nitrogens with one attached hydrogen (secondary N) is 1. The zero-order valence-corrected chi connectivity index (χ0v) is 14.6. The average Bonchev–Trinajstić information content (AvgIpc) is 2.83. The molecular weight excluding hydrogens is 347 g/mol. The first kappa shape index (κ1) is 17.3. The van der Waals surface area contributed by atoms with Crippen LogP contribution in [0.5, 0.6) is 0 Å². The van der Waals surface area contributed by atoms with Crippen LogP contribution in [-0.4, -0.2) is 35.6 Å². The topological polar surface area (TPSA) is 93.4 Å². The normalized spacial score (nSPS) is 17.3. The monoisotopic (exact) mass is 364 g/mol. The summed E-state index contributed by atoms with van der Waals surface area (Å²) in [4.78, 5) is 12.1. The average molecular weight is 364 g/mol. The van der Waals surface area contributed by atoms with Gasteiger partial charge < -0.3 is 0 Å². The van der Waals surface area contributed by atoms with Crippen LogP contribution in [0.1, 0.15) is 23.4 Å². The minimum atomic E-state index is -3.46. The lowest BCUT2D eigenvalue weighted by Crippen LogP contribution is -2.28. The maximum absolute atomic E-state index is 13.5. The highest BCUT2D eigenvalue weighted by Gasteiger charge is 2.28. The predicted octanol–water partition coefficient (Wildman–Crippen LogP) is 1.34. The summed E-state index contributed by atoms with van der Waals surface area (Å²) >= 11 is 0. The number of fused-ring (bicyclic) bond motifs is 1. The summed E-state index contributed by atoms with van der Waals surface area (Å²) in [5.41, 5.74) is 4.58. The van der Waals surface area contributed by atoms with Crippen molar-refractivity contribution in [3.05, 3.63) is 47.0 Å². The third kappa shape index (κ3) is 3.60. The second kappa shape index (κ2) is 6.40. The van der Waals surface area contributed by atoms with E-state index < -0.39 is 21.6 Å². The van der Waals surface area contributed by atoms with Gasteiger partial charge in [0.25, 0.3) is 5.91 Å². The highest BCUT2D eigenvalue weighted by Crippen LogP contribution is 2.26. The van der Waals surface area contributed by atoms with Crippen LogP contribution in [0.4, 0.5) is 4.39 Å². The van der Waals surface area contributed by atoms with Crippen molar-refractivity contribution in [2.24, 2.45) is 5.10 Å². The van der Waals surface area contributed by atoms with Gasteiger partial charge in [0.15, 0.2) is 9.84 Å². The van der Waals surface area contributed by atoms with Gasteiger partial charge in [-0.1, -0.05) is 0 Å². The number of amides is 1. The van der Waals surface area contributed by atoms with E-state index in [9.17, 15) is 17.6 Å². The molecule has 1 aromatic carbocycles. The van der Waals surface area contributed by atoms with Crippen LogP contribution in [0.2, 0.25) is 0 Å². The first-order chi connectivity index (χ1) is 11.8. The Bertz CT molecular complexity index is 979. The molecule has 1 aliphatic heterocycles. The molecule has 132 valence electrons. The van der Waals surface area contributed by atoms with Gasteiger partial charge in [-0.2, -0.15) is 10.2 Å². The third-order valence-electron chi connectivity index (χ3n) is 3.91. The van der Waals surface area contributed by atoms with Crippen molar-refractivity contribution in [2.45, 2.75) is 31.7 Å². The maximum atomic E-state index is 13.5. The molecular formula is C16H17FN4O3S. The standard InChI is InChI=1S/C16H17FN4O3S/c1-10-7-11(2)21(20-10)9-16(22)19-18-14-5-6-25(23,24)15-4-3-12(17)8-13(14)15/h3-4,7-8H,5-6,9H2,1-2H3,(H,19,22). The molecule has 7 nitrogen and oxygen atoms in total. The molecule has 25 heavy (non-hydrogen) atoms. The highest BCUT2D eigenvalue weighted by atomic mass is 32.2. The summed E-state index contributed by atoms with van der Waals surface area (Å²) in [6.07, 6.45) is 0.110. The van der Waals surface area contributed by atoms with Gasteiger partial charge in [0, 0.05) is 17.7 Å². The van der Waals surface area contributed by atoms with E-state index in [0.29, 0.717) is 5.71 Å². The molecule has 0 atom stereocenters. The van der Waals surface area contributed by atoms with Crippen molar-refractivity contribution in [2.75, 3.05) is 5.75 Å². The quantitative estimate of drug-likeness (QED) is 0.657. The van der Waals surface area contributed by atoms with Crippen LogP contribution in [-0.2, 0) is 21.2 Å². The summed E-state index contributed by atoms with van der Waals surface area (Å²) in [7, 11) is -3.46. The first-order valence-corrected chi connectivity index (χ1v) is 9.30. The van der Waals surface area contributed by atoms with Gasteiger partial charge in [-0.3, -0.25) is 9.48 Å². The smallest absolute Gasteiger partial charge is 0.261 e. The molecule has 0 unspecified atom stereocenters. The van der Waals surface area contributed by atoms with Crippen LogP contribution in [0.3, 0.4) is 0 Å². The van der Waals surface area contributed by atoms with E-state index in [-0.39, 0.29) is 29.2 Å². The molecule has 0 bridgehead atoms. The Morgan fingerprint density at radius 1 is 1.36 bits per heavy atom. The molecule has 9 heteroatoms. The molecule has 0 fully saturated rings. The van der Waals surface area contributed by atoms with E-state index >= 15 is 0 Å². The van der Waals surface area contributed by atoms with Gasteiger partial charge >= 0.3 is 0 Å². The molecule has 1 aliphatic rings. The van der Waals surface area contributed by atoms with Crippen molar-refractivity contribution >= 4 is 21.5 Å². The molecule has 3 rings (SSSR count). The summed E-state index contributed by atoms with van der Waals surface area (Å²) in [5, 5.41) is 8.20. The van der Waals surface area contributed by atoms with Gasteiger partial charge in [-0.25, -0.2) is 18.2 Å². The Morgan fingerprint density at radius 3 is 2.80 bits per heavy atom. The number of benzene rings is 1. The minimum absolute atomic E-state index is 0.00917. The highest BCUT2D eigenvalue weighted by molar-refractivity contribution is 7.91. The largest absolute Gasteiger partial charge is 0.271 e. The summed E-state index contributed by atoms with van der Waals surface area (Å²) < 4.78 is 39.2. The van der Waals surface area contributed by atoms with Crippen LogP contribution < -0.4 is 5.43 Å². The Balaban J connectivity index is 1.81. The van der Waals surface area contributed by atoms with Gasteiger partial charge in [0.05, 0.1) is 22.1 Å². The number of halogens is 1. The molecule has 0 radical (unpaired) electrons. The molecule has 1 aromatic heterocycles. The van der Waals surface area contributed by atoms with Crippen LogP contribution in [0.15, 0.2) is 34.3 Å². The summed E-state index contributed by atoms with van der Waals surface area (Å²) in [5.74, 6) is -1.08. The van der Waals surface area contributed by atoms with Gasteiger partial charge in [0.2, 0.25) is 0 Å². The second-order valence-corrected chi connectivity index (χ2v) is 7.97. The lowest BCUT2D eigenvalue weighted by Gasteiger charge is -2.18. The Labute approximate surface area is 144 Å². The molecule has 0 spiro atoms. The summed E-state index contributed by atoms with van der Waals surface area (Å²) in [6.45, 7) is 3.66. The van der Waals surface area contributed by atoms with Crippen molar-refractivity contribution < 1.29 is 17.6 Å².